The normalized spacial score (nSPS) is 10.2. The molecule has 7 heteroatoms. The minimum absolute atomic E-state index is 0.479. The van der Waals surface area contributed by atoms with Crippen LogP contribution in [0.1, 0.15) is 5.56 Å². The van der Waals surface area contributed by atoms with Crippen molar-refractivity contribution in [1.29, 1.82) is 0 Å². The van der Waals surface area contributed by atoms with Gasteiger partial charge in [0.05, 0.1) is 6.20 Å². The lowest BCUT2D eigenvalue weighted by atomic mass is 10.2. The highest BCUT2D eigenvalue weighted by Crippen LogP contribution is 2.19. The third-order valence-electron chi connectivity index (χ3n) is 2.49. The number of anilines is 1. The van der Waals surface area contributed by atoms with E-state index >= 15 is 0 Å². The monoisotopic (exact) mass is 285 g/mol. The van der Waals surface area contributed by atoms with Crippen LogP contribution < -0.4 is 10.1 Å². The topological polar surface area (TPSA) is 72.8 Å². The van der Waals surface area contributed by atoms with Crippen LogP contribution in [0.25, 0.3) is 0 Å². The van der Waals surface area contributed by atoms with Gasteiger partial charge in [-0.3, -0.25) is 4.98 Å². The Kier molecular flexibility index (Phi) is 3.79. The Morgan fingerprint density at radius 2 is 2.05 bits per heavy atom. The molecule has 6 nitrogen and oxygen atoms in total. The lowest BCUT2D eigenvalue weighted by molar-refractivity contribution is 0.460. The lowest BCUT2D eigenvalue weighted by Crippen LogP contribution is -1.98. The number of rotatable bonds is 5. The van der Waals surface area contributed by atoms with Crippen molar-refractivity contribution in [2.24, 2.45) is 0 Å². The van der Waals surface area contributed by atoms with Crippen molar-refractivity contribution in [3.05, 3.63) is 53.9 Å². The number of aromatic nitrogens is 4. The lowest BCUT2D eigenvalue weighted by Gasteiger charge is -2.06. The first-order chi connectivity index (χ1) is 9.90. The fourth-order valence-corrected chi connectivity index (χ4v) is 2.01. The highest BCUT2D eigenvalue weighted by Gasteiger charge is 2.00. The number of benzene rings is 1. The molecule has 3 rings (SSSR count). The third-order valence-corrected chi connectivity index (χ3v) is 3.14. The summed E-state index contributed by atoms with van der Waals surface area (Å²) in [7, 11) is 0. The molecule has 0 atom stereocenters. The second-order valence-electron chi connectivity index (χ2n) is 3.89. The Labute approximate surface area is 119 Å². The van der Waals surface area contributed by atoms with Gasteiger partial charge in [0, 0.05) is 18.9 Å². The summed E-state index contributed by atoms with van der Waals surface area (Å²) in [6.45, 7) is 0.695. The highest BCUT2D eigenvalue weighted by atomic mass is 32.1. The summed E-state index contributed by atoms with van der Waals surface area (Å²) in [4.78, 5) is 8.00. The number of hydrogen-bond acceptors (Lipinski definition) is 7. The van der Waals surface area contributed by atoms with Crippen LogP contribution in [-0.2, 0) is 6.54 Å². The minimum Gasteiger partial charge on any atom is -0.438 e. The first-order valence-corrected chi connectivity index (χ1v) is 6.81. The number of hydrogen-bond donors (Lipinski definition) is 1. The maximum Gasteiger partial charge on any atom is 0.237 e. The van der Waals surface area contributed by atoms with E-state index in [1.165, 1.54) is 11.3 Å². The van der Waals surface area contributed by atoms with Crippen LogP contribution in [0.3, 0.4) is 0 Å². The van der Waals surface area contributed by atoms with Gasteiger partial charge in [-0.1, -0.05) is 23.5 Å². The highest BCUT2D eigenvalue weighted by molar-refractivity contribution is 7.13. The summed E-state index contributed by atoms with van der Waals surface area (Å²) in [5.41, 5.74) is 2.83. The van der Waals surface area contributed by atoms with Gasteiger partial charge in [0.2, 0.25) is 11.0 Å². The fourth-order valence-electron chi connectivity index (χ4n) is 1.56. The molecule has 3 aromatic rings. The van der Waals surface area contributed by atoms with Gasteiger partial charge in [-0.15, -0.1) is 10.2 Å². The molecule has 2 aromatic heterocycles. The number of ether oxygens (including phenoxy) is 1. The summed E-state index contributed by atoms with van der Waals surface area (Å²) >= 11 is 1.47. The molecule has 0 aliphatic carbocycles. The molecule has 0 saturated heterocycles. The largest absolute Gasteiger partial charge is 0.438 e. The molecule has 2 heterocycles. The first kappa shape index (κ1) is 12.5. The molecule has 1 aromatic carbocycles. The Balaban J connectivity index is 1.60. The van der Waals surface area contributed by atoms with Crippen molar-refractivity contribution in [3.8, 4) is 11.6 Å². The summed E-state index contributed by atoms with van der Waals surface area (Å²) < 4.78 is 5.57. The molecular formula is C13H11N5OS. The third kappa shape index (κ3) is 3.27. The van der Waals surface area contributed by atoms with E-state index in [-0.39, 0.29) is 0 Å². The second kappa shape index (κ2) is 6.07. The first-order valence-electron chi connectivity index (χ1n) is 5.93. The van der Waals surface area contributed by atoms with Gasteiger partial charge in [0.15, 0.2) is 0 Å². The van der Waals surface area contributed by atoms with E-state index in [0.717, 1.165) is 16.4 Å². The molecule has 0 bridgehead atoms. The van der Waals surface area contributed by atoms with Crippen LogP contribution >= 0.6 is 11.3 Å². The van der Waals surface area contributed by atoms with Gasteiger partial charge in [0.1, 0.15) is 11.3 Å². The summed E-state index contributed by atoms with van der Waals surface area (Å²) in [6, 6.07) is 7.76. The molecule has 0 saturated carbocycles. The SMILES string of the molecule is c1cnc(Oc2ccc(CNc3nncs3)cc2)cn1. The molecular weight excluding hydrogens is 274 g/mol. The van der Waals surface area contributed by atoms with E-state index in [9.17, 15) is 0 Å². The average molecular weight is 285 g/mol. The smallest absolute Gasteiger partial charge is 0.237 e. The van der Waals surface area contributed by atoms with Crippen molar-refractivity contribution in [3.63, 3.8) is 0 Å². The van der Waals surface area contributed by atoms with Crippen molar-refractivity contribution in [1.82, 2.24) is 20.2 Å². The van der Waals surface area contributed by atoms with Gasteiger partial charge in [-0.2, -0.15) is 0 Å². The maximum atomic E-state index is 5.57. The van der Waals surface area contributed by atoms with E-state index in [0.29, 0.717) is 12.4 Å². The molecule has 0 radical (unpaired) electrons. The van der Waals surface area contributed by atoms with Crippen LogP contribution in [0.4, 0.5) is 5.13 Å². The zero-order valence-electron chi connectivity index (χ0n) is 10.4. The minimum atomic E-state index is 0.479. The summed E-state index contributed by atoms with van der Waals surface area (Å²) in [5.74, 6) is 1.21. The molecule has 0 spiro atoms. The van der Waals surface area contributed by atoms with Crippen LogP contribution in [0.15, 0.2) is 48.4 Å². The Hall–Kier alpha value is -2.54. The predicted octanol–water partition coefficient (Wildman–Crippen LogP) is 2.73. The second-order valence-corrected chi connectivity index (χ2v) is 4.72. The van der Waals surface area contributed by atoms with Crippen LogP contribution in [-0.4, -0.2) is 20.2 Å². The van der Waals surface area contributed by atoms with E-state index in [1.54, 1.807) is 24.1 Å². The van der Waals surface area contributed by atoms with E-state index in [2.05, 4.69) is 25.5 Å². The molecule has 1 N–H and O–H groups in total. The maximum absolute atomic E-state index is 5.57. The average Bonchev–Trinajstić information content (AvgIpc) is 3.01. The van der Waals surface area contributed by atoms with E-state index in [4.69, 9.17) is 4.74 Å². The standard InChI is InChI=1S/C13H11N5OS/c1-3-11(19-12-8-14-5-6-15-12)4-2-10(1)7-16-13-18-17-9-20-13/h1-6,8-9H,7H2,(H,16,18). The zero-order chi connectivity index (χ0) is 13.6. The van der Waals surface area contributed by atoms with Gasteiger partial charge >= 0.3 is 0 Å². The van der Waals surface area contributed by atoms with E-state index < -0.39 is 0 Å². The fraction of sp³-hybridized carbons (Fsp3) is 0.0769. The Bertz CT molecular complexity index is 642. The molecule has 0 aliphatic rings. The van der Waals surface area contributed by atoms with E-state index in [1.807, 2.05) is 24.3 Å². The van der Waals surface area contributed by atoms with Gasteiger partial charge in [-0.25, -0.2) is 4.98 Å². The van der Waals surface area contributed by atoms with Gasteiger partial charge in [0.25, 0.3) is 0 Å². The number of nitrogens with one attached hydrogen (secondary N) is 1. The van der Waals surface area contributed by atoms with Crippen LogP contribution in [0, 0.1) is 0 Å². The molecule has 0 aliphatic heterocycles. The predicted molar refractivity (Wildman–Crippen MR) is 75.8 cm³/mol. The van der Waals surface area contributed by atoms with Gasteiger partial charge in [-0.05, 0) is 17.7 Å². The molecule has 100 valence electrons. The Morgan fingerprint density at radius 3 is 2.75 bits per heavy atom. The van der Waals surface area contributed by atoms with Crippen LogP contribution in [0.5, 0.6) is 11.6 Å². The van der Waals surface area contributed by atoms with Crippen molar-refractivity contribution >= 4 is 16.5 Å². The Morgan fingerprint density at radius 1 is 1.15 bits per heavy atom. The van der Waals surface area contributed by atoms with Gasteiger partial charge < -0.3 is 10.1 Å². The molecule has 0 unspecified atom stereocenters. The molecule has 20 heavy (non-hydrogen) atoms. The van der Waals surface area contributed by atoms with Crippen molar-refractivity contribution < 1.29 is 4.74 Å². The zero-order valence-corrected chi connectivity index (χ0v) is 11.2. The van der Waals surface area contributed by atoms with Crippen LogP contribution in [0.2, 0.25) is 0 Å². The van der Waals surface area contributed by atoms with Crippen molar-refractivity contribution in [2.45, 2.75) is 6.54 Å². The molecule has 0 fully saturated rings. The summed E-state index contributed by atoms with van der Waals surface area (Å²) in [5, 5.41) is 11.7. The number of nitrogens with zero attached hydrogens (tertiary/aromatic N) is 4. The van der Waals surface area contributed by atoms with Crippen molar-refractivity contribution in [2.75, 3.05) is 5.32 Å². The summed E-state index contributed by atoms with van der Waals surface area (Å²) in [6.07, 6.45) is 4.77. The quantitative estimate of drug-likeness (QED) is 0.777. The molecule has 0 amide bonds.